The van der Waals surface area contributed by atoms with Gasteiger partial charge in [0.15, 0.2) is 0 Å². The summed E-state index contributed by atoms with van der Waals surface area (Å²) in [5, 5.41) is 11.0. The molecular weight excluding hydrogens is 306 g/mol. The molecule has 2 aromatic rings. The molecule has 20 heavy (non-hydrogen) atoms. The van der Waals surface area contributed by atoms with Crippen LogP contribution in [0.15, 0.2) is 47.5 Å². The van der Waals surface area contributed by atoms with Crippen LogP contribution in [-0.2, 0) is 10.0 Å². The summed E-state index contributed by atoms with van der Waals surface area (Å²) in [4.78, 5) is 13.7. The van der Waals surface area contributed by atoms with Gasteiger partial charge in [0.2, 0.25) is 0 Å². The van der Waals surface area contributed by atoms with Crippen LogP contribution in [0.5, 0.6) is 0 Å². The molecule has 104 valence electrons. The summed E-state index contributed by atoms with van der Waals surface area (Å²) in [6.07, 6.45) is 1.07. The van der Waals surface area contributed by atoms with E-state index in [-0.39, 0.29) is 21.4 Å². The maximum absolute atomic E-state index is 12.1. The zero-order valence-electron chi connectivity index (χ0n) is 9.86. The molecule has 0 amide bonds. The van der Waals surface area contributed by atoms with Gasteiger partial charge in [0, 0.05) is 12.3 Å². The number of pyridine rings is 1. The van der Waals surface area contributed by atoms with Crippen molar-refractivity contribution in [2.75, 3.05) is 4.72 Å². The quantitative estimate of drug-likeness (QED) is 0.530. The van der Waals surface area contributed by atoms with Crippen LogP contribution >= 0.6 is 11.6 Å². The van der Waals surface area contributed by atoms with Gasteiger partial charge in [-0.05, 0) is 18.2 Å². The minimum atomic E-state index is -3.96. The van der Waals surface area contributed by atoms with Crippen molar-refractivity contribution >= 4 is 33.0 Å². The lowest BCUT2D eigenvalue weighted by molar-refractivity contribution is -0.383. The highest BCUT2D eigenvalue weighted by Crippen LogP contribution is 2.26. The van der Waals surface area contributed by atoms with Crippen LogP contribution in [0.2, 0.25) is 5.15 Å². The second-order valence-corrected chi connectivity index (χ2v) is 5.77. The number of nitro benzene ring substituents is 1. The molecule has 0 aliphatic heterocycles. The van der Waals surface area contributed by atoms with E-state index in [9.17, 15) is 18.5 Å². The minimum absolute atomic E-state index is 0.118. The Balaban J connectivity index is 2.38. The average molecular weight is 314 g/mol. The van der Waals surface area contributed by atoms with Gasteiger partial charge >= 0.3 is 0 Å². The van der Waals surface area contributed by atoms with Gasteiger partial charge in [0.05, 0.1) is 4.92 Å². The summed E-state index contributed by atoms with van der Waals surface area (Å²) >= 11 is 5.57. The normalized spacial score (nSPS) is 11.1. The van der Waals surface area contributed by atoms with E-state index >= 15 is 0 Å². The Hall–Kier alpha value is -2.19. The van der Waals surface area contributed by atoms with E-state index in [2.05, 4.69) is 9.71 Å². The van der Waals surface area contributed by atoms with Crippen LogP contribution in [0.3, 0.4) is 0 Å². The maximum atomic E-state index is 12.1. The third-order valence-electron chi connectivity index (χ3n) is 2.36. The molecule has 1 aromatic carbocycles. The van der Waals surface area contributed by atoms with E-state index in [0.29, 0.717) is 0 Å². The molecule has 0 aliphatic carbocycles. The number of hydrogen-bond acceptors (Lipinski definition) is 5. The molecule has 0 saturated heterocycles. The number of halogens is 1. The molecule has 0 saturated carbocycles. The van der Waals surface area contributed by atoms with Gasteiger partial charge in [-0.25, -0.2) is 13.4 Å². The lowest BCUT2D eigenvalue weighted by Crippen LogP contribution is -2.14. The molecule has 0 bridgehead atoms. The number of para-hydroxylation sites is 2. The topological polar surface area (TPSA) is 102 Å². The number of nitrogens with zero attached hydrogens (tertiary/aromatic N) is 2. The Morgan fingerprint density at radius 1 is 1.20 bits per heavy atom. The third-order valence-corrected chi connectivity index (χ3v) is 3.93. The number of hydrogen-bond donors (Lipinski definition) is 1. The maximum Gasteiger partial charge on any atom is 0.293 e. The van der Waals surface area contributed by atoms with Crippen molar-refractivity contribution in [1.82, 2.24) is 4.98 Å². The van der Waals surface area contributed by atoms with Gasteiger partial charge in [0.25, 0.3) is 15.7 Å². The Labute approximate surface area is 119 Å². The van der Waals surface area contributed by atoms with Gasteiger partial charge in [-0.1, -0.05) is 23.7 Å². The number of benzene rings is 1. The number of nitro groups is 1. The first kappa shape index (κ1) is 14.2. The number of rotatable bonds is 4. The number of nitrogens with one attached hydrogen (secondary N) is 1. The molecule has 7 nitrogen and oxygen atoms in total. The first-order valence-electron chi connectivity index (χ1n) is 5.28. The van der Waals surface area contributed by atoms with Gasteiger partial charge in [0.1, 0.15) is 15.7 Å². The predicted octanol–water partition coefficient (Wildman–Crippen LogP) is 2.44. The van der Waals surface area contributed by atoms with E-state index < -0.39 is 14.9 Å². The highest BCUT2D eigenvalue weighted by molar-refractivity contribution is 7.92. The molecule has 2 rings (SSSR count). The Morgan fingerprint density at radius 2 is 1.90 bits per heavy atom. The molecule has 1 aromatic heterocycles. The standard InChI is InChI=1S/C11H8ClN3O4S/c12-11-6-5-8(7-13-11)20(18,19)14-9-3-1-2-4-10(9)15(16)17/h1-7,14H. The first-order chi connectivity index (χ1) is 9.40. The van der Waals surface area contributed by atoms with Crippen LogP contribution in [0, 0.1) is 10.1 Å². The van der Waals surface area contributed by atoms with Crippen LogP contribution in [0.25, 0.3) is 0 Å². The molecule has 0 radical (unpaired) electrons. The van der Waals surface area contributed by atoms with E-state index in [1.807, 2.05) is 0 Å². The molecule has 0 fully saturated rings. The summed E-state index contributed by atoms with van der Waals surface area (Å²) < 4.78 is 26.3. The zero-order valence-corrected chi connectivity index (χ0v) is 11.4. The fourth-order valence-corrected chi connectivity index (χ4v) is 2.57. The predicted molar refractivity (Wildman–Crippen MR) is 73.2 cm³/mol. The van der Waals surface area contributed by atoms with Crippen molar-refractivity contribution in [2.24, 2.45) is 0 Å². The first-order valence-corrected chi connectivity index (χ1v) is 7.14. The smallest absolute Gasteiger partial charge is 0.273 e. The summed E-state index contributed by atoms with van der Waals surface area (Å²) in [5.41, 5.74) is -0.453. The molecule has 0 unspecified atom stereocenters. The van der Waals surface area contributed by atoms with Gasteiger partial charge < -0.3 is 0 Å². The summed E-state index contributed by atoms with van der Waals surface area (Å²) in [6, 6.07) is 8.02. The zero-order chi connectivity index (χ0) is 14.8. The van der Waals surface area contributed by atoms with Gasteiger partial charge in [-0.15, -0.1) is 0 Å². The second kappa shape index (κ2) is 5.43. The van der Waals surface area contributed by atoms with Crippen LogP contribution in [-0.4, -0.2) is 18.3 Å². The number of anilines is 1. The van der Waals surface area contributed by atoms with Crippen molar-refractivity contribution in [2.45, 2.75) is 4.90 Å². The number of sulfonamides is 1. The van der Waals surface area contributed by atoms with E-state index in [0.717, 1.165) is 6.20 Å². The van der Waals surface area contributed by atoms with Crippen LogP contribution in [0.1, 0.15) is 0 Å². The molecule has 1 N–H and O–H groups in total. The van der Waals surface area contributed by atoms with Crippen molar-refractivity contribution in [1.29, 1.82) is 0 Å². The van der Waals surface area contributed by atoms with Crippen molar-refractivity contribution in [3.63, 3.8) is 0 Å². The lowest BCUT2D eigenvalue weighted by Gasteiger charge is -2.07. The highest BCUT2D eigenvalue weighted by Gasteiger charge is 2.20. The Bertz CT molecular complexity index is 747. The molecular formula is C11H8ClN3O4S. The monoisotopic (exact) mass is 313 g/mol. The van der Waals surface area contributed by atoms with Crippen molar-refractivity contribution < 1.29 is 13.3 Å². The summed E-state index contributed by atoms with van der Waals surface area (Å²) in [7, 11) is -3.96. The van der Waals surface area contributed by atoms with Gasteiger partial charge in [-0.3, -0.25) is 14.8 Å². The summed E-state index contributed by atoms with van der Waals surface area (Å²) in [6.45, 7) is 0. The fourth-order valence-electron chi connectivity index (χ4n) is 1.44. The number of aromatic nitrogens is 1. The lowest BCUT2D eigenvalue weighted by atomic mass is 10.3. The molecule has 9 heteroatoms. The highest BCUT2D eigenvalue weighted by atomic mass is 35.5. The van der Waals surface area contributed by atoms with E-state index in [1.165, 1.54) is 36.4 Å². The average Bonchev–Trinajstić information content (AvgIpc) is 2.39. The SMILES string of the molecule is O=[N+]([O-])c1ccccc1NS(=O)(=O)c1ccc(Cl)nc1. The third kappa shape index (κ3) is 3.03. The molecule has 0 aliphatic rings. The largest absolute Gasteiger partial charge is 0.293 e. The van der Waals surface area contributed by atoms with Crippen LogP contribution < -0.4 is 4.72 Å². The van der Waals surface area contributed by atoms with Gasteiger partial charge in [-0.2, -0.15) is 0 Å². The summed E-state index contributed by atoms with van der Waals surface area (Å²) in [5.74, 6) is 0. The van der Waals surface area contributed by atoms with Crippen molar-refractivity contribution in [3.05, 3.63) is 57.9 Å². The molecule has 1 heterocycles. The fraction of sp³-hybridized carbons (Fsp3) is 0. The van der Waals surface area contributed by atoms with E-state index in [4.69, 9.17) is 11.6 Å². The molecule has 0 spiro atoms. The minimum Gasteiger partial charge on any atom is -0.273 e. The molecule has 0 atom stereocenters. The Morgan fingerprint density at radius 3 is 2.50 bits per heavy atom. The van der Waals surface area contributed by atoms with Crippen LogP contribution in [0.4, 0.5) is 11.4 Å². The van der Waals surface area contributed by atoms with E-state index in [1.54, 1.807) is 0 Å². The van der Waals surface area contributed by atoms with Crippen molar-refractivity contribution in [3.8, 4) is 0 Å². The second-order valence-electron chi connectivity index (χ2n) is 3.70. The Kier molecular flexibility index (Phi) is 3.86.